The van der Waals surface area contributed by atoms with E-state index >= 15 is 0 Å². The molecule has 0 atom stereocenters. The smallest absolute Gasteiger partial charge is 0.358 e. The van der Waals surface area contributed by atoms with Crippen molar-refractivity contribution >= 4 is 27.7 Å². The standard InChI is InChI=1S/C12H16BrN3O3/c1-4-5-12(2,3)15-11(17)8-6-10(16(18)19)14-7-9(8)13/h6-7H,4-5H2,1-3H3,(H,15,17). The van der Waals surface area contributed by atoms with Gasteiger partial charge in [0.05, 0.1) is 10.0 Å². The van der Waals surface area contributed by atoms with Gasteiger partial charge in [-0.3, -0.25) is 4.79 Å². The monoisotopic (exact) mass is 329 g/mol. The Morgan fingerprint density at radius 3 is 2.74 bits per heavy atom. The summed E-state index contributed by atoms with van der Waals surface area (Å²) < 4.78 is 0.433. The van der Waals surface area contributed by atoms with Gasteiger partial charge in [0.1, 0.15) is 0 Å². The van der Waals surface area contributed by atoms with E-state index in [0.29, 0.717) is 4.47 Å². The first kappa shape index (κ1) is 15.6. The van der Waals surface area contributed by atoms with E-state index in [4.69, 9.17) is 0 Å². The van der Waals surface area contributed by atoms with Crippen LogP contribution < -0.4 is 5.32 Å². The molecule has 0 radical (unpaired) electrons. The second kappa shape index (κ2) is 6.10. The van der Waals surface area contributed by atoms with Crippen LogP contribution in [0.25, 0.3) is 0 Å². The zero-order valence-electron chi connectivity index (χ0n) is 11.1. The van der Waals surface area contributed by atoms with Crippen LogP contribution in [0.15, 0.2) is 16.7 Å². The molecule has 0 aliphatic heterocycles. The average Bonchev–Trinajstić information content (AvgIpc) is 2.28. The van der Waals surface area contributed by atoms with Gasteiger partial charge in [-0.2, -0.15) is 0 Å². The lowest BCUT2D eigenvalue weighted by Crippen LogP contribution is -2.43. The molecule has 1 amide bonds. The van der Waals surface area contributed by atoms with E-state index in [1.807, 2.05) is 20.8 Å². The number of aromatic nitrogens is 1. The first-order valence-corrected chi connectivity index (χ1v) is 6.68. The summed E-state index contributed by atoms with van der Waals surface area (Å²) in [6.07, 6.45) is 3.02. The van der Waals surface area contributed by atoms with E-state index in [2.05, 4.69) is 26.2 Å². The number of nitrogens with zero attached hydrogens (tertiary/aromatic N) is 2. The maximum atomic E-state index is 12.1. The molecule has 0 aromatic carbocycles. The van der Waals surface area contributed by atoms with Crippen LogP contribution in [0.3, 0.4) is 0 Å². The molecule has 19 heavy (non-hydrogen) atoms. The number of hydrogen-bond acceptors (Lipinski definition) is 4. The molecule has 0 spiro atoms. The van der Waals surface area contributed by atoms with Gasteiger partial charge in [-0.15, -0.1) is 0 Å². The van der Waals surface area contributed by atoms with Crippen LogP contribution in [0.4, 0.5) is 5.82 Å². The lowest BCUT2D eigenvalue weighted by atomic mass is 9.98. The maximum Gasteiger partial charge on any atom is 0.364 e. The van der Waals surface area contributed by atoms with Crippen molar-refractivity contribution in [3.63, 3.8) is 0 Å². The highest BCUT2D eigenvalue weighted by atomic mass is 79.9. The lowest BCUT2D eigenvalue weighted by molar-refractivity contribution is -0.389. The molecule has 1 rings (SSSR count). The number of carbonyl (C=O) groups is 1. The Bertz CT molecular complexity index is 503. The molecule has 0 aliphatic carbocycles. The Morgan fingerprint density at radius 1 is 1.58 bits per heavy atom. The molecular weight excluding hydrogens is 314 g/mol. The molecule has 0 bridgehead atoms. The zero-order chi connectivity index (χ0) is 14.6. The van der Waals surface area contributed by atoms with Gasteiger partial charge in [0.25, 0.3) is 5.91 Å². The van der Waals surface area contributed by atoms with Crippen molar-refractivity contribution in [1.29, 1.82) is 0 Å². The predicted octanol–water partition coefficient (Wildman–Crippen LogP) is 3.06. The molecule has 6 nitrogen and oxygen atoms in total. The number of nitrogens with one attached hydrogen (secondary N) is 1. The molecule has 0 saturated heterocycles. The molecule has 0 aliphatic rings. The van der Waals surface area contributed by atoms with Crippen LogP contribution in [0.1, 0.15) is 44.0 Å². The highest BCUT2D eigenvalue weighted by Gasteiger charge is 2.23. The third-order valence-corrected chi connectivity index (χ3v) is 3.23. The van der Waals surface area contributed by atoms with Gasteiger partial charge in [-0.1, -0.05) is 13.3 Å². The summed E-state index contributed by atoms with van der Waals surface area (Å²) in [4.78, 5) is 25.8. The van der Waals surface area contributed by atoms with Crippen LogP contribution in [-0.2, 0) is 0 Å². The van der Waals surface area contributed by atoms with Crippen LogP contribution in [0.5, 0.6) is 0 Å². The minimum absolute atomic E-state index is 0.214. The Kier molecular flexibility index (Phi) is 4.99. The van der Waals surface area contributed by atoms with Gasteiger partial charge in [-0.05, 0) is 46.1 Å². The van der Waals surface area contributed by atoms with E-state index in [9.17, 15) is 14.9 Å². The quantitative estimate of drug-likeness (QED) is 0.664. The first-order chi connectivity index (χ1) is 8.76. The second-order valence-corrected chi connectivity index (χ2v) is 5.72. The fraction of sp³-hybridized carbons (Fsp3) is 0.500. The fourth-order valence-corrected chi connectivity index (χ4v) is 2.16. The molecule has 0 saturated carbocycles. The average molecular weight is 330 g/mol. The van der Waals surface area contributed by atoms with Crippen molar-refractivity contribution < 1.29 is 9.72 Å². The van der Waals surface area contributed by atoms with Gasteiger partial charge in [-0.25, -0.2) is 0 Å². The normalized spacial score (nSPS) is 11.2. The number of halogens is 1. The third kappa shape index (κ3) is 4.27. The summed E-state index contributed by atoms with van der Waals surface area (Å²) in [6.45, 7) is 5.86. The summed E-state index contributed by atoms with van der Waals surface area (Å²) in [5.41, 5.74) is -0.144. The Labute approximate surface area is 119 Å². The van der Waals surface area contributed by atoms with Crippen molar-refractivity contribution in [3.05, 3.63) is 32.4 Å². The number of carbonyl (C=O) groups excluding carboxylic acids is 1. The predicted molar refractivity (Wildman–Crippen MR) is 75.0 cm³/mol. The number of hydrogen-bond donors (Lipinski definition) is 1. The largest absolute Gasteiger partial charge is 0.364 e. The van der Waals surface area contributed by atoms with Crippen LogP contribution in [-0.4, -0.2) is 21.4 Å². The zero-order valence-corrected chi connectivity index (χ0v) is 12.7. The first-order valence-electron chi connectivity index (χ1n) is 5.89. The molecule has 1 N–H and O–H groups in total. The molecule has 0 fully saturated rings. The second-order valence-electron chi connectivity index (χ2n) is 4.87. The minimum atomic E-state index is -0.625. The molecule has 1 aromatic heterocycles. The fourth-order valence-electron chi connectivity index (χ4n) is 1.76. The van der Waals surface area contributed by atoms with Gasteiger partial charge in [0, 0.05) is 11.6 Å². The molecular formula is C12H16BrN3O3. The third-order valence-electron chi connectivity index (χ3n) is 2.60. The maximum absolute atomic E-state index is 12.1. The summed E-state index contributed by atoms with van der Waals surface area (Å²) in [6, 6.07) is 1.17. The van der Waals surface area contributed by atoms with Crippen LogP contribution in [0, 0.1) is 10.1 Å². The van der Waals surface area contributed by atoms with Crippen molar-refractivity contribution in [2.75, 3.05) is 0 Å². The highest BCUT2D eigenvalue weighted by Crippen LogP contribution is 2.21. The van der Waals surface area contributed by atoms with Gasteiger partial charge >= 0.3 is 5.82 Å². The SMILES string of the molecule is CCCC(C)(C)NC(=O)c1cc([N+](=O)[O-])ncc1Br. The van der Waals surface area contributed by atoms with E-state index < -0.39 is 4.92 Å². The number of nitro groups is 1. The van der Waals surface area contributed by atoms with Gasteiger partial charge < -0.3 is 15.4 Å². The molecule has 0 unspecified atom stereocenters. The Balaban J connectivity index is 2.99. The highest BCUT2D eigenvalue weighted by molar-refractivity contribution is 9.10. The molecule has 104 valence electrons. The number of pyridine rings is 1. The van der Waals surface area contributed by atoms with Gasteiger partial charge in [0.15, 0.2) is 6.20 Å². The van der Waals surface area contributed by atoms with Crippen molar-refractivity contribution in [3.8, 4) is 0 Å². The summed E-state index contributed by atoms with van der Waals surface area (Å²) in [5, 5.41) is 13.5. The summed E-state index contributed by atoms with van der Waals surface area (Å²) in [7, 11) is 0. The van der Waals surface area contributed by atoms with Gasteiger partial charge in [0.2, 0.25) is 0 Å². The molecule has 1 aromatic rings. The number of rotatable bonds is 5. The molecule has 1 heterocycles. The Hall–Kier alpha value is -1.50. The van der Waals surface area contributed by atoms with E-state index in [-0.39, 0.29) is 22.8 Å². The van der Waals surface area contributed by atoms with Crippen molar-refractivity contribution in [2.24, 2.45) is 0 Å². The molecule has 7 heteroatoms. The van der Waals surface area contributed by atoms with Crippen molar-refractivity contribution in [1.82, 2.24) is 10.3 Å². The topological polar surface area (TPSA) is 85.1 Å². The van der Waals surface area contributed by atoms with E-state index in [0.717, 1.165) is 12.8 Å². The van der Waals surface area contributed by atoms with Crippen molar-refractivity contribution in [2.45, 2.75) is 39.2 Å². The lowest BCUT2D eigenvalue weighted by Gasteiger charge is -2.25. The Morgan fingerprint density at radius 2 is 2.21 bits per heavy atom. The summed E-state index contributed by atoms with van der Waals surface area (Å²) in [5.74, 6) is -0.697. The number of amides is 1. The summed E-state index contributed by atoms with van der Waals surface area (Å²) >= 11 is 3.18. The van der Waals surface area contributed by atoms with Crippen LogP contribution in [0.2, 0.25) is 0 Å². The van der Waals surface area contributed by atoms with Crippen LogP contribution >= 0.6 is 15.9 Å². The van der Waals surface area contributed by atoms with E-state index in [1.54, 1.807) is 0 Å². The van der Waals surface area contributed by atoms with E-state index in [1.165, 1.54) is 12.3 Å². The minimum Gasteiger partial charge on any atom is -0.358 e.